The molecule has 2 fully saturated rings. The Bertz CT molecular complexity index is 693. The number of hydrogen-bond donors (Lipinski definition) is 0. The summed E-state index contributed by atoms with van der Waals surface area (Å²) in [6.45, 7) is 5.66. The second-order valence-electron chi connectivity index (χ2n) is 10.1. The van der Waals surface area contributed by atoms with Gasteiger partial charge < -0.3 is 14.2 Å². The van der Waals surface area contributed by atoms with Crippen LogP contribution in [0.3, 0.4) is 0 Å². The van der Waals surface area contributed by atoms with E-state index in [9.17, 15) is 4.79 Å². The maximum Gasteiger partial charge on any atom is 0.319 e. The number of carbonyl (C=O) groups excluding carboxylic acids is 1. The predicted molar refractivity (Wildman–Crippen MR) is 141 cm³/mol. The van der Waals surface area contributed by atoms with E-state index in [0.717, 1.165) is 43.9 Å². The van der Waals surface area contributed by atoms with Crippen molar-refractivity contribution in [2.24, 2.45) is 11.8 Å². The van der Waals surface area contributed by atoms with E-state index in [4.69, 9.17) is 14.2 Å². The predicted octanol–water partition coefficient (Wildman–Crippen LogP) is 7.39. The SMILES string of the molecule is CCCCC(Sc1nc(OCCC2CCCCC2)cc(OCCC2CCCCC2)n1)C(=O)OCC. The first-order chi connectivity index (χ1) is 17.2. The van der Waals surface area contributed by atoms with Crippen LogP contribution in [-0.2, 0) is 9.53 Å². The molecule has 0 N–H and O–H groups in total. The Balaban J connectivity index is 1.63. The number of ether oxygens (including phenoxy) is 3. The Morgan fingerprint density at radius 2 is 1.46 bits per heavy atom. The van der Waals surface area contributed by atoms with Crippen LogP contribution in [0.5, 0.6) is 11.8 Å². The largest absolute Gasteiger partial charge is 0.477 e. The van der Waals surface area contributed by atoms with Crippen molar-refractivity contribution < 1.29 is 19.0 Å². The zero-order valence-corrected chi connectivity index (χ0v) is 22.8. The molecule has 0 bridgehead atoms. The van der Waals surface area contributed by atoms with Gasteiger partial charge in [0.1, 0.15) is 5.25 Å². The average Bonchev–Trinajstić information content (AvgIpc) is 2.88. The van der Waals surface area contributed by atoms with Crippen LogP contribution in [0.4, 0.5) is 0 Å². The molecule has 0 saturated heterocycles. The summed E-state index contributed by atoms with van der Waals surface area (Å²) in [5.74, 6) is 2.41. The highest BCUT2D eigenvalue weighted by molar-refractivity contribution is 8.00. The van der Waals surface area contributed by atoms with Crippen LogP contribution in [0.2, 0.25) is 0 Å². The third-order valence-electron chi connectivity index (χ3n) is 7.28. The highest BCUT2D eigenvalue weighted by Crippen LogP contribution is 2.31. The van der Waals surface area contributed by atoms with Gasteiger partial charge in [0, 0.05) is 0 Å². The van der Waals surface area contributed by atoms with Gasteiger partial charge in [-0.25, -0.2) is 0 Å². The minimum Gasteiger partial charge on any atom is -0.477 e. The maximum atomic E-state index is 12.6. The highest BCUT2D eigenvalue weighted by Gasteiger charge is 2.23. The van der Waals surface area contributed by atoms with Crippen molar-refractivity contribution in [3.63, 3.8) is 0 Å². The van der Waals surface area contributed by atoms with Gasteiger partial charge in [-0.3, -0.25) is 4.79 Å². The molecule has 0 aromatic carbocycles. The summed E-state index contributed by atoms with van der Waals surface area (Å²) in [6, 6.07) is 1.82. The summed E-state index contributed by atoms with van der Waals surface area (Å²) >= 11 is 1.37. The highest BCUT2D eigenvalue weighted by atomic mass is 32.2. The lowest BCUT2D eigenvalue weighted by Gasteiger charge is -2.22. The minimum atomic E-state index is -0.317. The standard InChI is InChI=1S/C28H46N2O4S/c1-3-5-16-24(27(31)32-4-2)35-28-29-25(33-19-17-22-12-8-6-9-13-22)21-26(30-28)34-20-18-23-14-10-7-11-15-23/h21-24H,3-20H2,1-2H3. The molecule has 1 heterocycles. The average molecular weight is 507 g/mol. The molecule has 7 heteroatoms. The summed E-state index contributed by atoms with van der Waals surface area (Å²) in [5.41, 5.74) is 0. The van der Waals surface area contributed by atoms with Gasteiger partial charge in [0.25, 0.3) is 0 Å². The molecule has 2 aliphatic carbocycles. The van der Waals surface area contributed by atoms with Gasteiger partial charge in [-0.1, -0.05) is 95.7 Å². The Hall–Kier alpha value is -1.50. The fraction of sp³-hybridized carbons (Fsp3) is 0.821. The Labute approximate surface area is 216 Å². The van der Waals surface area contributed by atoms with E-state index >= 15 is 0 Å². The van der Waals surface area contributed by atoms with E-state index in [1.165, 1.54) is 76.0 Å². The molecule has 0 radical (unpaired) electrons. The van der Waals surface area contributed by atoms with Gasteiger partial charge in [-0.2, -0.15) is 9.97 Å². The molecular weight excluding hydrogens is 460 g/mol. The molecule has 0 spiro atoms. The summed E-state index contributed by atoms with van der Waals surface area (Å²) < 4.78 is 17.5. The van der Waals surface area contributed by atoms with Gasteiger partial charge in [-0.15, -0.1) is 0 Å². The molecule has 3 rings (SSSR count). The Kier molecular flexibility index (Phi) is 13.1. The van der Waals surface area contributed by atoms with E-state index in [1.54, 1.807) is 0 Å². The zero-order chi connectivity index (χ0) is 24.7. The van der Waals surface area contributed by atoms with Crippen molar-refractivity contribution in [3.05, 3.63) is 6.07 Å². The number of aromatic nitrogens is 2. The van der Waals surface area contributed by atoms with Crippen LogP contribution in [0.15, 0.2) is 11.2 Å². The molecular formula is C28H46N2O4S. The summed E-state index contributed by atoms with van der Waals surface area (Å²) in [4.78, 5) is 21.8. The molecule has 0 aliphatic heterocycles. The monoisotopic (exact) mass is 506 g/mol. The number of thioether (sulfide) groups is 1. The number of nitrogens with zero attached hydrogens (tertiary/aromatic N) is 2. The maximum absolute atomic E-state index is 12.6. The first-order valence-corrected chi connectivity index (χ1v) is 15.0. The van der Waals surface area contributed by atoms with Gasteiger partial charge >= 0.3 is 5.97 Å². The Morgan fingerprint density at radius 1 is 0.914 bits per heavy atom. The van der Waals surface area contributed by atoms with Crippen LogP contribution >= 0.6 is 11.8 Å². The van der Waals surface area contributed by atoms with E-state index < -0.39 is 0 Å². The number of esters is 1. The van der Waals surface area contributed by atoms with Crippen molar-refractivity contribution in [1.82, 2.24) is 9.97 Å². The second kappa shape index (κ2) is 16.3. The zero-order valence-electron chi connectivity index (χ0n) is 22.0. The van der Waals surface area contributed by atoms with Gasteiger partial charge in [0.2, 0.25) is 11.8 Å². The van der Waals surface area contributed by atoms with Gasteiger partial charge in [0.15, 0.2) is 5.16 Å². The van der Waals surface area contributed by atoms with Crippen LogP contribution < -0.4 is 9.47 Å². The molecule has 198 valence electrons. The lowest BCUT2D eigenvalue weighted by atomic mass is 9.87. The van der Waals surface area contributed by atoms with Crippen molar-refractivity contribution in [1.29, 1.82) is 0 Å². The topological polar surface area (TPSA) is 70.5 Å². The molecule has 0 amide bonds. The lowest BCUT2D eigenvalue weighted by molar-refractivity contribution is -0.142. The fourth-order valence-corrected chi connectivity index (χ4v) is 6.16. The van der Waals surface area contributed by atoms with Crippen LogP contribution in [0.1, 0.15) is 110 Å². The summed E-state index contributed by atoms with van der Waals surface area (Å²) in [6.07, 6.45) is 18.2. The normalized spacial score (nSPS) is 18.2. The van der Waals surface area contributed by atoms with Crippen molar-refractivity contribution in [2.75, 3.05) is 19.8 Å². The minimum absolute atomic E-state index is 0.196. The first-order valence-electron chi connectivity index (χ1n) is 14.2. The van der Waals surface area contributed by atoms with Gasteiger partial charge in [-0.05, 0) is 38.0 Å². The van der Waals surface area contributed by atoms with E-state index in [-0.39, 0.29) is 11.2 Å². The van der Waals surface area contributed by atoms with Crippen molar-refractivity contribution >= 4 is 17.7 Å². The number of hydrogen-bond acceptors (Lipinski definition) is 7. The molecule has 2 aliphatic rings. The van der Waals surface area contributed by atoms with Gasteiger partial charge in [0.05, 0.1) is 25.9 Å². The molecule has 2 saturated carbocycles. The second-order valence-corrected chi connectivity index (χ2v) is 11.3. The smallest absolute Gasteiger partial charge is 0.319 e. The number of unbranched alkanes of at least 4 members (excludes halogenated alkanes) is 1. The van der Waals surface area contributed by atoms with E-state index in [0.29, 0.717) is 36.7 Å². The molecule has 1 unspecified atom stereocenters. The van der Waals surface area contributed by atoms with E-state index in [1.807, 2.05) is 13.0 Å². The molecule has 6 nitrogen and oxygen atoms in total. The van der Waals surface area contributed by atoms with Crippen LogP contribution in [0.25, 0.3) is 0 Å². The quantitative estimate of drug-likeness (QED) is 0.139. The van der Waals surface area contributed by atoms with Crippen molar-refractivity contribution in [2.45, 2.75) is 121 Å². The lowest BCUT2D eigenvalue weighted by Crippen LogP contribution is -2.21. The summed E-state index contributed by atoms with van der Waals surface area (Å²) in [7, 11) is 0. The molecule has 1 atom stereocenters. The molecule has 35 heavy (non-hydrogen) atoms. The molecule has 1 aromatic heterocycles. The van der Waals surface area contributed by atoms with Crippen LogP contribution in [0, 0.1) is 11.8 Å². The molecule has 1 aromatic rings. The first kappa shape index (κ1) is 28.1. The fourth-order valence-electron chi connectivity index (χ4n) is 5.17. The third-order valence-corrected chi connectivity index (χ3v) is 8.38. The van der Waals surface area contributed by atoms with Crippen LogP contribution in [-0.4, -0.2) is 41.0 Å². The Morgan fingerprint density at radius 3 is 1.94 bits per heavy atom. The number of rotatable bonds is 15. The number of carbonyl (C=O) groups is 1. The summed E-state index contributed by atoms with van der Waals surface area (Å²) in [5, 5.41) is 0.212. The third kappa shape index (κ3) is 10.6. The van der Waals surface area contributed by atoms with Crippen molar-refractivity contribution in [3.8, 4) is 11.8 Å². The van der Waals surface area contributed by atoms with E-state index in [2.05, 4.69) is 16.9 Å².